The number of carbonyl (C=O) groups excluding carboxylic acids is 1. The number of nitrogens with zero attached hydrogens (tertiary/aromatic N) is 2. The van der Waals surface area contributed by atoms with Crippen LogP contribution in [0, 0.1) is 12.7 Å². The van der Waals surface area contributed by atoms with Crippen molar-refractivity contribution in [3.8, 4) is 0 Å². The summed E-state index contributed by atoms with van der Waals surface area (Å²) in [7, 11) is 0. The smallest absolute Gasteiger partial charge is 0.289 e. The third kappa shape index (κ3) is 3.56. The number of hydrogen-bond donors (Lipinski definition) is 1. The van der Waals surface area contributed by atoms with Gasteiger partial charge in [-0.05, 0) is 49.0 Å². The minimum absolute atomic E-state index is 0.112. The number of rotatable bonds is 2. The molecule has 2 heterocycles. The summed E-state index contributed by atoms with van der Waals surface area (Å²) in [6.07, 6.45) is 1.49. The number of piperazine rings is 1. The summed E-state index contributed by atoms with van der Waals surface area (Å²) < 4.78 is 18.7. The molecule has 3 rings (SSSR count). The van der Waals surface area contributed by atoms with E-state index in [-0.39, 0.29) is 11.7 Å². The summed E-state index contributed by atoms with van der Waals surface area (Å²) in [4.78, 5) is 15.9. The fourth-order valence-corrected chi connectivity index (χ4v) is 2.84. The van der Waals surface area contributed by atoms with E-state index in [1.165, 1.54) is 12.3 Å². The summed E-state index contributed by atoms with van der Waals surface area (Å²) in [6, 6.07) is 8.29. The summed E-state index contributed by atoms with van der Waals surface area (Å²) in [5.74, 6) is -0.0323. The van der Waals surface area contributed by atoms with Crippen molar-refractivity contribution in [3.05, 3.63) is 53.7 Å². The Hall–Kier alpha value is -2.41. The van der Waals surface area contributed by atoms with Crippen LogP contribution in [-0.2, 0) is 0 Å². The molecule has 1 aliphatic heterocycles. The van der Waals surface area contributed by atoms with Gasteiger partial charge in [-0.2, -0.15) is 0 Å². The van der Waals surface area contributed by atoms with Gasteiger partial charge in [-0.15, -0.1) is 0 Å². The molecular weight excluding hydrogens is 329 g/mol. The van der Waals surface area contributed by atoms with Crippen LogP contribution in [0.4, 0.5) is 10.1 Å². The molecule has 1 aromatic carbocycles. The second kappa shape index (κ2) is 7.00. The Bertz CT molecular complexity index is 740. The third-order valence-electron chi connectivity index (χ3n) is 4.01. The Morgan fingerprint density at radius 3 is 2.54 bits per heavy atom. The van der Waals surface area contributed by atoms with Crippen LogP contribution >= 0.6 is 12.2 Å². The molecule has 126 valence electrons. The van der Waals surface area contributed by atoms with Crippen molar-refractivity contribution >= 4 is 28.9 Å². The van der Waals surface area contributed by atoms with Gasteiger partial charge in [0.15, 0.2) is 10.9 Å². The van der Waals surface area contributed by atoms with Gasteiger partial charge in [0.2, 0.25) is 0 Å². The van der Waals surface area contributed by atoms with Gasteiger partial charge in [0, 0.05) is 31.9 Å². The zero-order chi connectivity index (χ0) is 17.1. The maximum Gasteiger partial charge on any atom is 0.289 e. The van der Waals surface area contributed by atoms with Crippen molar-refractivity contribution in [2.75, 3.05) is 31.5 Å². The second-order valence-electron chi connectivity index (χ2n) is 5.65. The van der Waals surface area contributed by atoms with Crippen LogP contribution in [0.3, 0.4) is 0 Å². The van der Waals surface area contributed by atoms with E-state index in [2.05, 4.69) is 5.32 Å². The summed E-state index contributed by atoms with van der Waals surface area (Å²) in [6.45, 7) is 4.07. The predicted octanol–water partition coefficient (Wildman–Crippen LogP) is 2.88. The van der Waals surface area contributed by atoms with Gasteiger partial charge in [0.05, 0.1) is 6.26 Å². The number of halogens is 1. The maximum absolute atomic E-state index is 13.6. The van der Waals surface area contributed by atoms with Crippen LogP contribution in [0.25, 0.3) is 0 Å². The number of aryl methyl sites for hydroxylation is 1. The molecule has 2 aromatic rings. The molecule has 0 radical (unpaired) electrons. The first-order chi connectivity index (χ1) is 11.5. The molecule has 0 saturated carbocycles. The lowest BCUT2D eigenvalue weighted by molar-refractivity contribution is 0.0661. The van der Waals surface area contributed by atoms with E-state index >= 15 is 0 Å². The molecule has 0 aliphatic carbocycles. The molecule has 1 fully saturated rings. The van der Waals surface area contributed by atoms with Gasteiger partial charge in [-0.25, -0.2) is 4.39 Å². The zero-order valence-corrected chi connectivity index (χ0v) is 14.1. The van der Waals surface area contributed by atoms with Crippen molar-refractivity contribution < 1.29 is 13.6 Å². The highest BCUT2D eigenvalue weighted by Gasteiger charge is 2.24. The first-order valence-corrected chi connectivity index (χ1v) is 8.10. The molecule has 1 aromatic heterocycles. The van der Waals surface area contributed by atoms with Gasteiger partial charge >= 0.3 is 0 Å². The number of amides is 1. The monoisotopic (exact) mass is 347 g/mol. The lowest BCUT2D eigenvalue weighted by Crippen LogP contribution is -2.51. The summed E-state index contributed by atoms with van der Waals surface area (Å²) in [5, 5.41) is 3.58. The SMILES string of the molecule is Cc1ccc(NC(=S)N2CCN(C(=O)c3ccco3)CC2)cc1F. The average molecular weight is 347 g/mol. The summed E-state index contributed by atoms with van der Waals surface area (Å²) in [5.41, 5.74) is 1.22. The molecule has 0 bridgehead atoms. The highest BCUT2D eigenvalue weighted by molar-refractivity contribution is 7.80. The van der Waals surface area contributed by atoms with Crippen molar-refractivity contribution in [1.82, 2.24) is 9.80 Å². The number of anilines is 1. The maximum atomic E-state index is 13.6. The van der Waals surface area contributed by atoms with Crippen molar-refractivity contribution in [2.45, 2.75) is 6.92 Å². The molecule has 7 heteroatoms. The van der Waals surface area contributed by atoms with Crippen molar-refractivity contribution in [2.24, 2.45) is 0 Å². The number of furan rings is 1. The number of nitrogens with one attached hydrogen (secondary N) is 1. The van der Waals surface area contributed by atoms with Gasteiger partial charge in [-0.3, -0.25) is 4.79 Å². The summed E-state index contributed by atoms with van der Waals surface area (Å²) >= 11 is 5.39. The Morgan fingerprint density at radius 2 is 1.92 bits per heavy atom. The fraction of sp³-hybridized carbons (Fsp3) is 0.294. The largest absolute Gasteiger partial charge is 0.459 e. The Labute approximate surface area is 145 Å². The lowest BCUT2D eigenvalue weighted by Gasteiger charge is -2.35. The first kappa shape index (κ1) is 16.4. The number of carbonyl (C=O) groups is 1. The first-order valence-electron chi connectivity index (χ1n) is 7.69. The molecular formula is C17H18FN3O2S. The minimum atomic E-state index is -0.267. The molecule has 1 aliphatic rings. The Balaban J connectivity index is 1.55. The second-order valence-corrected chi connectivity index (χ2v) is 6.04. The molecule has 0 spiro atoms. The molecule has 24 heavy (non-hydrogen) atoms. The standard InChI is InChI=1S/C17H18FN3O2S/c1-12-4-5-13(11-14(12)18)19-17(24)21-8-6-20(7-9-21)16(22)15-3-2-10-23-15/h2-5,10-11H,6-9H2,1H3,(H,19,24). The van der Waals surface area contributed by atoms with Crippen LogP contribution in [-0.4, -0.2) is 47.0 Å². The quantitative estimate of drug-likeness (QED) is 0.847. The number of thiocarbonyl (C=S) groups is 1. The number of benzene rings is 1. The molecule has 5 nitrogen and oxygen atoms in total. The average Bonchev–Trinajstić information content (AvgIpc) is 3.12. The molecule has 1 amide bonds. The van der Waals surface area contributed by atoms with E-state index in [1.807, 2.05) is 4.90 Å². The Morgan fingerprint density at radius 1 is 1.21 bits per heavy atom. The van der Waals surface area contributed by atoms with Crippen LogP contribution in [0.2, 0.25) is 0 Å². The van der Waals surface area contributed by atoms with Gasteiger partial charge in [0.25, 0.3) is 5.91 Å². The van der Waals surface area contributed by atoms with E-state index in [0.29, 0.717) is 48.3 Å². The molecule has 1 N–H and O–H groups in total. The van der Waals surface area contributed by atoms with Crippen LogP contribution in [0.15, 0.2) is 41.0 Å². The number of hydrogen-bond acceptors (Lipinski definition) is 3. The normalized spacial score (nSPS) is 14.6. The van der Waals surface area contributed by atoms with Gasteiger partial charge in [-0.1, -0.05) is 6.07 Å². The van der Waals surface area contributed by atoms with Gasteiger partial charge in [0.1, 0.15) is 5.82 Å². The molecule has 0 atom stereocenters. The highest BCUT2D eigenvalue weighted by Crippen LogP contribution is 2.15. The van der Waals surface area contributed by atoms with E-state index in [4.69, 9.17) is 16.6 Å². The minimum Gasteiger partial charge on any atom is -0.459 e. The van der Waals surface area contributed by atoms with Crippen molar-refractivity contribution in [1.29, 1.82) is 0 Å². The zero-order valence-electron chi connectivity index (χ0n) is 13.3. The van der Waals surface area contributed by atoms with Gasteiger partial charge < -0.3 is 19.5 Å². The highest BCUT2D eigenvalue weighted by atomic mass is 32.1. The van der Waals surface area contributed by atoms with Crippen LogP contribution in [0.1, 0.15) is 16.1 Å². The predicted molar refractivity (Wildman–Crippen MR) is 93.5 cm³/mol. The van der Waals surface area contributed by atoms with E-state index in [0.717, 1.165) is 0 Å². The van der Waals surface area contributed by atoms with Crippen LogP contribution in [0.5, 0.6) is 0 Å². The molecule has 1 saturated heterocycles. The lowest BCUT2D eigenvalue weighted by atomic mass is 10.2. The van der Waals surface area contributed by atoms with E-state index < -0.39 is 0 Å². The van der Waals surface area contributed by atoms with E-state index in [9.17, 15) is 9.18 Å². The Kier molecular flexibility index (Phi) is 4.80. The fourth-order valence-electron chi connectivity index (χ4n) is 2.54. The van der Waals surface area contributed by atoms with Crippen molar-refractivity contribution in [3.63, 3.8) is 0 Å². The van der Waals surface area contributed by atoms with Crippen LogP contribution < -0.4 is 5.32 Å². The molecule has 0 unspecified atom stereocenters. The third-order valence-corrected chi connectivity index (χ3v) is 4.37. The van der Waals surface area contributed by atoms with E-state index in [1.54, 1.807) is 36.1 Å². The topological polar surface area (TPSA) is 48.7 Å².